The number of rotatable bonds is 2. The van der Waals surface area contributed by atoms with Crippen molar-refractivity contribution in [2.24, 2.45) is 0 Å². The number of benzene rings is 1. The Morgan fingerprint density at radius 2 is 2.39 bits per heavy atom. The van der Waals surface area contributed by atoms with Crippen molar-refractivity contribution in [2.45, 2.75) is 19.4 Å². The maximum Gasteiger partial charge on any atom is 0.255 e. The molecule has 18 heavy (non-hydrogen) atoms. The molecule has 0 aliphatic carbocycles. The third-order valence-corrected chi connectivity index (χ3v) is 3.87. The van der Waals surface area contributed by atoms with E-state index in [1.807, 2.05) is 6.92 Å². The molecule has 3 nitrogen and oxygen atoms in total. The van der Waals surface area contributed by atoms with Crippen LogP contribution in [0.2, 0.25) is 0 Å². The molecular formula is C13H15BrFNO2. The zero-order valence-electron chi connectivity index (χ0n) is 10.2. The first-order chi connectivity index (χ1) is 8.63. The number of ether oxygens (including phenoxy) is 1. The molecule has 1 atom stereocenters. The van der Waals surface area contributed by atoms with Crippen molar-refractivity contribution in [1.82, 2.24) is 4.90 Å². The van der Waals surface area contributed by atoms with Crippen LogP contribution in [-0.2, 0) is 4.74 Å². The lowest BCUT2D eigenvalue weighted by Gasteiger charge is -2.32. The number of carbonyl (C=O) groups is 1. The van der Waals surface area contributed by atoms with Gasteiger partial charge in [0.2, 0.25) is 0 Å². The van der Waals surface area contributed by atoms with Crippen LogP contribution in [0.1, 0.15) is 23.7 Å². The molecule has 1 unspecified atom stereocenters. The van der Waals surface area contributed by atoms with E-state index in [0.717, 1.165) is 6.42 Å². The topological polar surface area (TPSA) is 29.5 Å². The minimum atomic E-state index is -0.416. The zero-order valence-corrected chi connectivity index (χ0v) is 11.7. The third-order valence-electron chi connectivity index (χ3n) is 3.06. The van der Waals surface area contributed by atoms with E-state index in [9.17, 15) is 9.18 Å². The summed E-state index contributed by atoms with van der Waals surface area (Å²) >= 11 is 3.13. The molecule has 0 saturated carbocycles. The van der Waals surface area contributed by atoms with Crippen molar-refractivity contribution in [1.29, 1.82) is 0 Å². The van der Waals surface area contributed by atoms with E-state index in [4.69, 9.17) is 4.74 Å². The second-order valence-electron chi connectivity index (χ2n) is 4.25. The van der Waals surface area contributed by atoms with Gasteiger partial charge in [0, 0.05) is 13.1 Å². The first-order valence-corrected chi connectivity index (χ1v) is 6.77. The Morgan fingerprint density at radius 3 is 3.11 bits per heavy atom. The SMILES string of the molecule is CCC1CN(C(=O)c2cccc(F)c2Br)CCO1. The molecule has 0 N–H and O–H groups in total. The molecule has 0 radical (unpaired) electrons. The highest BCUT2D eigenvalue weighted by atomic mass is 79.9. The molecule has 1 aliphatic rings. The number of nitrogens with zero attached hydrogens (tertiary/aromatic N) is 1. The molecule has 1 amide bonds. The van der Waals surface area contributed by atoms with Gasteiger partial charge in [-0.3, -0.25) is 4.79 Å². The summed E-state index contributed by atoms with van der Waals surface area (Å²) < 4.78 is 19.2. The molecule has 98 valence electrons. The number of halogens is 2. The summed E-state index contributed by atoms with van der Waals surface area (Å²) in [4.78, 5) is 14.0. The second kappa shape index (κ2) is 5.80. The number of carbonyl (C=O) groups excluding carboxylic acids is 1. The molecule has 0 bridgehead atoms. The number of morpholine rings is 1. The molecule has 0 spiro atoms. The summed E-state index contributed by atoms with van der Waals surface area (Å²) in [5, 5.41) is 0. The first-order valence-electron chi connectivity index (χ1n) is 5.98. The highest BCUT2D eigenvalue weighted by molar-refractivity contribution is 9.10. The number of amides is 1. The van der Waals surface area contributed by atoms with Crippen LogP contribution in [0.15, 0.2) is 22.7 Å². The van der Waals surface area contributed by atoms with Crippen molar-refractivity contribution in [3.8, 4) is 0 Å². The standard InChI is InChI=1S/C13H15BrFNO2/c1-2-9-8-16(6-7-18-9)13(17)10-4-3-5-11(15)12(10)14/h3-5,9H,2,6-8H2,1H3. The normalized spacial score (nSPS) is 19.9. The van der Waals surface area contributed by atoms with Crippen molar-refractivity contribution in [3.05, 3.63) is 34.1 Å². The maximum absolute atomic E-state index is 13.4. The fraction of sp³-hybridized carbons (Fsp3) is 0.462. The van der Waals surface area contributed by atoms with E-state index in [-0.39, 0.29) is 16.5 Å². The lowest BCUT2D eigenvalue weighted by Crippen LogP contribution is -2.45. The zero-order chi connectivity index (χ0) is 13.1. The van der Waals surface area contributed by atoms with Crippen LogP contribution in [0, 0.1) is 5.82 Å². The summed E-state index contributed by atoms with van der Waals surface area (Å²) in [6.07, 6.45) is 0.948. The van der Waals surface area contributed by atoms with Gasteiger partial charge in [-0.1, -0.05) is 13.0 Å². The van der Waals surface area contributed by atoms with Crippen LogP contribution in [0.25, 0.3) is 0 Å². The van der Waals surface area contributed by atoms with E-state index >= 15 is 0 Å². The van der Waals surface area contributed by atoms with Gasteiger partial charge in [-0.2, -0.15) is 0 Å². The monoisotopic (exact) mass is 315 g/mol. The lowest BCUT2D eigenvalue weighted by atomic mass is 10.1. The molecule has 2 rings (SSSR count). The van der Waals surface area contributed by atoms with Crippen LogP contribution in [0.5, 0.6) is 0 Å². The molecule has 0 aromatic heterocycles. The summed E-state index contributed by atoms with van der Waals surface area (Å²) in [6, 6.07) is 4.51. The lowest BCUT2D eigenvalue weighted by molar-refractivity contribution is -0.0226. The third kappa shape index (κ3) is 2.72. The van der Waals surface area contributed by atoms with Crippen molar-refractivity contribution in [2.75, 3.05) is 19.7 Å². The molecule has 1 saturated heterocycles. The Balaban J connectivity index is 2.18. The quantitative estimate of drug-likeness (QED) is 0.840. The number of hydrogen-bond donors (Lipinski definition) is 0. The van der Waals surface area contributed by atoms with E-state index in [2.05, 4.69) is 15.9 Å². The summed E-state index contributed by atoms with van der Waals surface area (Å²) in [5.41, 5.74) is 0.367. The molecular weight excluding hydrogens is 301 g/mol. The molecule has 1 heterocycles. The Morgan fingerprint density at radius 1 is 1.61 bits per heavy atom. The van der Waals surface area contributed by atoms with Gasteiger partial charge in [-0.05, 0) is 34.5 Å². The Kier molecular flexibility index (Phi) is 4.35. The average molecular weight is 316 g/mol. The Bertz CT molecular complexity index is 453. The van der Waals surface area contributed by atoms with Gasteiger partial charge in [0.25, 0.3) is 5.91 Å². The van der Waals surface area contributed by atoms with Gasteiger partial charge in [0.05, 0.1) is 22.7 Å². The Labute approximate surface area is 114 Å². The van der Waals surface area contributed by atoms with E-state index in [1.54, 1.807) is 17.0 Å². The van der Waals surface area contributed by atoms with Gasteiger partial charge in [-0.15, -0.1) is 0 Å². The van der Waals surface area contributed by atoms with Crippen molar-refractivity contribution in [3.63, 3.8) is 0 Å². The smallest absolute Gasteiger partial charge is 0.255 e. The van der Waals surface area contributed by atoms with Crippen LogP contribution < -0.4 is 0 Å². The van der Waals surface area contributed by atoms with Gasteiger partial charge in [0.15, 0.2) is 0 Å². The fourth-order valence-electron chi connectivity index (χ4n) is 1.99. The van der Waals surface area contributed by atoms with Crippen LogP contribution >= 0.6 is 15.9 Å². The van der Waals surface area contributed by atoms with Crippen molar-refractivity contribution >= 4 is 21.8 Å². The molecule has 1 aliphatic heterocycles. The molecule has 1 aromatic rings. The minimum absolute atomic E-state index is 0.0787. The summed E-state index contributed by atoms with van der Waals surface area (Å²) in [7, 11) is 0. The fourth-order valence-corrected chi connectivity index (χ4v) is 2.42. The Hall–Kier alpha value is -0.940. The molecule has 1 aromatic carbocycles. The largest absolute Gasteiger partial charge is 0.375 e. The van der Waals surface area contributed by atoms with E-state index in [0.29, 0.717) is 25.3 Å². The molecule has 5 heteroatoms. The van der Waals surface area contributed by atoms with Crippen molar-refractivity contribution < 1.29 is 13.9 Å². The van der Waals surface area contributed by atoms with E-state index < -0.39 is 5.82 Å². The molecule has 1 fully saturated rings. The first kappa shape index (κ1) is 13.5. The predicted octanol–water partition coefficient (Wildman–Crippen LogP) is 2.84. The highest BCUT2D eigenvalue weighted by Gasteiger charge is 2.25. The highest BCUT2D eigenvalue weighted by Crippen LogP contribution is 2.23. The average Bonchev–Trinajstić information content (AvgIpc) is 2.41. The van der Waals surface area contributed by atoms with Gasteiger partial charge in [-0.25, -0.2) is 4.39 Å². The van der Waals surface area contributed by atoms with Gasteiger partial charge in [0.1, 0.15) is 5.82 Å². The minimum Gasteiger partial charge on any atom is -0.375 e. The van der Waals surface area contributed by atoms with Crippen LogP contribution in [0.4, 0.5) is 4.39 Å². The second-order valence-corrected chi connectivity index (χ2v) is 5.05. The van der Waals surface area contributed by atoms with Gasteiger partial charge < -0.3 is 9.64 Å². The summed E-state index contributed by atoms with van der Waals surface area (Å²) in [5.74, 6) is -0.565. The van der Waals surface area contributed by atoms with Crippen LogP contribution in [-0.4, -0.2) is 36.6 Å². The maximum atomic E-state index is 13.4. The predicted molar refractivity (Wildman–Crippen MR) is 70.0 cm³/mol. The summed E-state index contributed by atoms with van der Waals surface area (Å²) in [6.45, 7) is 3.69. The van der Waals surface area contributed by atoms with Gasteiger partial charge >= 0.3 is 0 Å². The van der Waals surface area contributed by atoms with Crippen LogP contribution in [0.3, 0.4) is 0 Å². The van der Waals surface area contributed by atoms with E-state index in [1.165, 1.54) is 6.07 Å². The number of hydrogen-bond acceptors (Lipinski definition) is 2.